The highest BCUT2D eigenvalue weighted by Crippen LogP contribution is 2.31. The van der Waals surface area contributed by atoms with Crippen LogP contribution >= 0.6 is 11.6 Å². The molecule has 34 heavy (non-hydrogen) atoms. The molecule has 1 fully saturated rings. The van der Waals surface area contributed by atoms with Crippen LogP contribution in [0.5, 0.6) is 11.5 Å². The molecule has 4 aromatic rings. The van der Waals surface area contributed by atoms with Crippen LogP contribution < -0.4 is 10.4 Å². The number of hydrogen-bond acceptors (Lipinski definition) is 4. The van der Waals surface area contributed by atoms with Crippen molar-refractivity contribution in [2.45, 2.75) is 12.5 Å². The lowest BCUT2D eigenvalue weighted by Crippen LogP contribution is -2.31. The summed E-state index contributed by atoms with van der Waals surface area (Å²) in [6.45, 7) is 4.52. The number of pyridine rings is 1. The number of fused-ring (bicyclic) bond motifs is 1. The average Bonchev–Trinajstić information content (AvgIpc) is 3.43. The van der Waals surface area contributed by atoms with Gasteiger partial charge in [0.1, 0.15) is 5.75 Å². The Morgan fingerprint density at radius 2 is 2.03 bits per heavy atom. The van der Waals surface area contributed by atoms with Crippen molar-refractivity contribution < 1.29 is 13.9 Å². The smallest absolute Gasteiger partial charge is 0.334 e. The third-order valence-electron chi connectivity index (χ3n) is 5.91. The largest absolute Gasteiger partial charge is 0.454 e. The van der Waals surface area contributed by atoms with E-state index >= 15 is 0 Å². The van der Waals surface area contributed by atoms with Crippen molar-refractivity contribution >= 4 is 28.5 Å². The van der Waals surface area contributed by atoms with Gasteiger partial charge in [-0.05, 0) is 42.8 Å². The first-order valence-electron chi connectivity index (χ1n) is 10.7. The molecule has 2 aromatic heterocycles. The van der Waals surface area contributed by atoms with E-state index in [0.717, 1.165) is 0 Å². The maximum Gasteiger partial charge on any atom is 0.334 e. The molecule has 1 saturated heterocycles. The van der Waals surface area contributed by atoms with E-state index in [9.17, 15) is 14.0 Å². The number of imidazole rings is 1. The molecule has 0 N–H and O–H groups in total. The van der Waals surface area contributed by atoms with Gasteiger partial charge in [0, 0.05) is 25.4 Å². The van der Waals surface area contributed by atoms with E-state index in [1.165, 1.54) is 18.2 Å². The van der Waals surface area contributed by atoms with Gasteiger partial charge in [0.05, 0.1) is 34.0 Å². The van der Waals surface area contributed by atoms with E-state index in [1.54, 1.807) is 62.8 Å². The van der Waals surface area contributed by atoms with Gasteiger partial charge in [0.25, 0.3) is 0 Å². The second-order valence-electron chi connectivity index (χ2n) is 7.93. The summed E-state index contributed by atoms with van der Waals surface area (Å²) in [5.41, 5.74) is 1.61. The van der Waals surface area contributed by atoms with E-state index in [1.807, 2.05) is 0 Å². The third kappa shape index (κ3) is 3.76. The summed E-state index contributed by atoms with van der Waals surface area (Å²) in [6.07, 6.45) is 5.19. The molecule has 1 atom stereocenters. The molecule has 0 radical (unpaired) electrons. The number of halogens is 2. The van der Waals surface area contributed by atoms with Gasteiger partial charge in [-0.15, -0.1) is 0 Å². The molecule has 1 aliphatic heterocycles. The van der Waals surface area contributed by atoms with Crippen molar-refractivity contribution in [1.82, 2.24) is 19.0 Å². The van der Waals surface area contributed by atoms with Gasteiger partial charge >= 0.3 is 5.69 Å². The number of hydrogen-bond donors (Lipinski definition) is 0. The number of amides is 1. The van der Waals surface area contributed by atoms with Gasteiger partial charge < -0.3 is 9.64 Å². The topological polar surface area (TPSA) is 69.4 Å². The van der Waals surface area contributed by atoms with E-state index < -0.39 is 5.82 Å². The van der Waals surface area contributed by atoms with Crippen LogP contribution in [0, 0.1) is 5.82 Å². The van der Waals surface area contributed by atoms with Crippen LogP contribution in [-0.4, -0.2) is 38.0 Å². The molecular formula is C25H20ClFN4O3. The molecule has 5 rings (SSSR count). The van der Waals surface area contributed by atoms with E-state index in [2.05, 4.69) is 11.6 Å². The molecule has 0 bridgehead atoms. The molecule has 7 nitrogen and oxygen atoms in total. The molecule has 172 valence electrons. The van der Waals surface area contributed by atoms with Crippen LogP contribution in [0.15, 0.2) is 78.4 Å². The maximum atomic E-state index is 14.3. The van der Waals surface area contributed by atoms with E-state index in [-0.39, 0.29) is 28.4 Å². The summed E-state index contributed by atoms with van der Waals surface area (Å²) in [6, 6.07) is 12.9. The lowest BCUT2D eigenvalue weighted by atomic mass is 10.2. The molecular weight excluding hydrogens is 459 g/mol. The zero-order chi connectivity index (χ0) is 23.8. The zero-order valence-electron chi connectivity index (χ0n) is 18.0. The first-order chi connectivity index (χ1) is 16.5. The van der Waals surface area contributed by atoms with Crippen molar-refractivity contribution in [3.05, 3.63) is 94.9 Å². The minimum Gasteiger partial charge on any atom is -0.454 e. The highest BCUT2D eigenvalue weighted by molar-refractivity contribution is 6.30. The van der Waals surface area contributed by atoms with Gasteiger partial charge in [0.15, 0.2) is 11.6 Å². The molecule has 0 unspecified atom stereocenters. The highest BCUT2D eigenvalue weighted by Gasteiger charge is 2.30. The van der Waals surface area contributed by atoms with Gasteiger partial charge in [-0.2, -0.15) is 0 Å². The summed E-state index contributed by atoms with van der Waals surface area (Å²) in [4.78, 5) is 31.6. The quantitative estimate of drug-likeness (QED) is 0.389. The number of rotatable bonds is 5. The number of nitrogens with zero attached hydrogens (tertiary/aromatic N) is 4. The van der Waals surface area contributed by atoms with Crippen LogP contribution in [-0.2, 0) is 4.79 Å². The fourth-order valence-corrected chi connectivity index (χ4v) is 4.49. The normalized spacial score (nSPS) is 15.6. The maximum absolute atomic E-state index is 14.3. The van der Waals surface area contributed by atoms with Crippen LogP contribution in [0.1, 0.15) is 12.5 Å². The Bertz CT molecular complexity index is 1480. The van der Waals surface area contributed by atoms with Crippen LogP contribution in [0.25, 0.3) is 16.7 Å². The molecule has 0 aliphatic carbocycles. The fraction of sp³-hybridized carbons (Fsp3) is 0.160. The molecule has 0 spiro atoms. The minimum absolute atomic E-state index is 0.0148. The van der Waals surface area contributed by atoms with E-state index in [4.69, 9.17) is 16.3 Å². The average molecular weight is 479 g/mol. The monoisotopic (exact) mass is 478 g/mol. The Morgan fingerprint density at radius 3 is 2.85 bits per heavy atom. The first kappa shape index (κ1) is 21.9. The van der Waals surface area contributed by atoms with Gasteiger partial charge in [0.2, 0.25) is 5.91 Å². The Kier molecular flexibility index (Phi) is 5.67. The second-order valence-corrected chi connectivity index (χ2v) is 8.34. The molecule has 0 saturated carbocycles. The van der Waals surface area contributed by atoms with Crippen molar-refractivity contribution in [3.63, 3.8) is 0 Å². The fourth-order valence-electron chi connectivity index (χ4n) is 4.33. The van der Waals surface area contributed by atoms with Crippen LogP contribution in [0.4, 0.5) is 4.39 Å². The van der Waals surface area contributed by atoms with Gasteiger partial charge in [-0.25, -0.2) is 9.18 Å². The summed E-state index contributed by atoms with van der Waals surface area (Å²) in [5.74, 6) is -0.482. The lowest BCUT2D eigenvalue weighted by Gasteiger charge is -2.15. The zero-order valence-corrected chi connectivity index (χ0v) is 18.8. The van der Waals surface area contributed by atoms with Crippen molar-refractivity contribution in [2.75, 3.05) is 13.1 Å². The van der Waals surface area contributed by atoms with Crippen molar-refractivity contribution in [2.24, 2.45) is 0 Å². The van der Waals surface area contributed by atoms with Crippen LogP contribution in [0.2, 0.25) is 5.02 Å². The molecule has 1 amide bonds. The van der Waals surface area contributed by atoms with Crippen molar-refractivity contribution in [1.29, 1.82) is 0 Å². The minimum atomic E-state index is -0.660. The van der Waals surface area contributed by atoms with Gasteiger partial charge in [-0.1, -0.05) is 30.3 Å². The van der Waals surface area contributed by atoms with E-state index in [0.29, 0.717) is 42.0 Å². The SMILES string of the molecule is C=CC(=O)N1CC[C@@H](n2c(=O)n(-c3cccc(Oc4cccc(Cl)c4F)c3)c3cnccc32)C1. The summed E-state index contributed by atoms with van der Waals surface area (Å²) in [5, 5.41) is -0.0421. The Morgan fingerprint density at radius 1 is 1.21 bits per heavy atom. The predicted molar refractivity (Wildman–Crippen MR) is 127 cm³/mol. The highest BCUT2D eigenvalue weighted by atomic mass is 35.5. The molecule has 2 aromatic carbocycles. The number of carbonyl (C=O) groups is 1. The Balaban J connectivity index is 1.57. The Labute approximate surface area is 199 Å². The first-order valence-corrected chi connectivity index (χ1v) is 11.1. The van der Waals surface area contributed by atoms with Crippen molar-refractivity contribution in [3.8, 4) is 17.2 Å². The molecule has 3 heterocycles. The second kappa shape index (κ2) is 8.79. The lowest BCUT2D eigenvalue weighted by molar-refractivity contribution is -0.125. The van der Waals surface area contributed by atoms with Gasteiger partial charge in [-0.3, -0.25) is 18.9 Å². The Hall–Kier alpha value is -3.91. The number of carbonyl (C=O) groups excluding carboxylic acids is 1. The summed E-state index contributed by atoms with van der Waals surface area (Å²) < 4.78 is 23.3. The molecule has 9 heteroatoms. The molecule has 1 aliphatic rings. The summed E-state index contributed by atoms with van der Waals surface area (Å²) >= 11 is 5.86. The predicted octanol–water partition coefficient (Wildman–Crippen LogP) is 4.73. The number of benzene rings is 2. The summed E-state index contributed by atoms with van der Waals surface area (Å²) in [7, 11) is 0. The number of aromatic nitrogens is 3. The number of likely N-dealkylation sites (tertiary alicyclic amines) is 1. The number of ether oxygens (including phenoxy) is 1. The van der Waals surface area contributed by atoms with Crippen LogP contribution in [0.3, 0.4) is 0 Å². The standard InChI is InChI=1S/C25H20ClFN4O3/c1-2-23(32)29-12-10-17(15-29)31-20-9-11-28-14-21(20)30(25(31)33)16-5-3-6-18(13-16)34-22-8-4-7-19(26)24(22)27/h2-9,11,13-14,17H,1,10,12,15H2/t17-/m1/s1. The third-order valence-corrected chi connectivity index (χ3v) is 6.20.